The predicted molar refractivity (Wildman–Crippen MR) is 271 cm³/mol. The third-order valence-corrected chi connectivity index (χ3v) is 12.2. The second kappa shape index (κ2) is 16.0. The summed E-state index contributed by atoms with van der Waals surface area (Å²) < 4.78 is 2.38. The molecule has 0 aliphatic carbocycles. The number of hydrogen-bond acceptors (Lipinski definition) is 2. The summed E-state index contributed by atoms with van der Waals surface area (Å²) in [5, 5.41) is 9.87. The topological polar surface area (TPSA) is 11.4 Å². The fourth-order valence-electron chi connectivity index (χ4n) is 9.59. The Balaban J connectivity index is 0.00000219. The van der Waals surface area contributed by atoms with Crippen LogP contribution < -0.4 is 9.80 Å². The quantitative estimate of drug-likeness (QED) is 0.142. The highest BCUT2D eigenvalue weighted by Crippen LogP contribution is 2.50. The van der Waals surface area contributed by atoms with Crippen molar-refractivity contribution >= 4 is 88.2 Å². The van der Waals surface area contributed by atoms with Crippen molar-refractivity contribution in [3.8, 4) is 16.8 Å². The first kappa shape index (κ1) is 37.8. The first-order chi connectivity index (χ1) is 31.3. The molecule has 1 aromatic heterocycles. The molecule has 0 aliphatic rings. The molecule has 0 N–H and O–H groups in total. The minimum atomic E-state index is 1.10. The monoisotopic (exact) mass is 807 g/mol. The van der Waals surface area contributed by atoms with Gasteiger partial charge in [0.15, 0.2) is 0 Å². The maximum Gasteiger partial charge on any atom is 0.0561 e. The maximum atomic E-state index is 2.41. The van der Waals surface area contributed by atoms with Gasteiger partial charge >= 0.3 is 0 Å². The zero-order valence-electron chi connectivity index (χ0n) is 35.4. The van der Waals surface area contributed by atoms with E-state index in [2.05, 4.69) is 251 Å². The smallest absolute Gasteiger partial charge is 0.0561 e. The predicted octanol–water partition coefficient (Wildman–Crippen LogP) is 17.3. The summed E-state index contributed by atoms with van der Waals surface area (Å²) in [5.74, 6) is 0. The standard InChI is InChI=1S/C58H39N3.C2H6/c1-6-18-44(19-7-1)59(45-20-8-2-9-21-45)55-39-56(60(46-22-10-3-11-23-46)47-24-12-4-13-25-47)51-34-31-42-37-43(36-41-30-33-50(55)58(51)57(41)42)40-32-35-54-52(38-40)49-28-16-17-29-53(49)61(54)48-26-14-5-15-27-48;1-2/h1-39H;1-2H3. The molecular formula is C60H45N3. The van der Waals surface area contributed by atoms with Crippen molar-refractivity contribution < 1.29 is 0 Å². The Hall–Kier alpha value is -8.14. The van der Waals surface area contributed by atoms with Crippen LogP contribution >= 0.6 is 0 Å². The van der Waals surface area contributed by atoms with Crippen molar-refractivity contribution in [1.29, 1.82) is 0 Å². The van der Waals surface area contributed by atoms with Crippen molar-refractivity contribution in [2.24, 2.45) is 0 Å². The summed E-state index contributed by atoms with van der Waals surface area (Å²) in [6, 6.07) is 85.9. The molecule has 1 heterocycles. The molecule has 12 aromatic rings. The lowest BCUT2D eigenvalue weighted by molar-refractivity contribution is 1.18. The van der Waals surface area contributed by atoms with Crippen LogP contribution in [0.15, 0.2) is 237 Å². The third-order valence-electron chi connectivity index (χ3n) is 12.2. The molecule has 0 unspecified atom stereocenters. The Kier molecular flexibility index (Phi) is 9.63. The Morgan fingerprint density at radius 1 is 0.302 bits per heavy atom. The highest BCUT2D eigenvalue weighted by molar-refractivity contribution is 6.29. The molecule has 3 heteroatoms. The number of benzene rings is 11. The van der Waals surface area contributed by atoms with E-state index in [0.717, 1.165) is 34.1 Å². The van der Waals surface area contributed by atoms with Gasteiger partial charge in [-0.05, 0) is 124 Å². The van der Waals surface area contributed by atoms with Crippen LogP contribution in [0.2, 0.25) is 0 Å². The molecular weight excluding hydrogens is 763 g/mol. The number of hydrogen-bond donors (Lipinski definition) is 0. The molecule has 0 bridgehead atoms. The molecule has 0 atom stereocenters. The van der Waals surface area contributed by atoms with Crippen LogP contribution in [-0.2, 0) is 0 Å². The van der Waals surface area contributed by atoms with Crippen LogP contribution in [0.4, 0.5) is 34.1 Å². The maximum absolute atomic E-state index is 2.41. The molecule has 0 saturated heterocycles. The van der Waals surface area contributed by atoms with Gasteiger partial charge in [0.2, 0.25) is 0 Å². The van der Waals surface area contributed by atoms with Gasteiger partial charge in [0.1, 0.15) is 0 Å². The van der Waals surface area contributed by atoms with E-state index in [1.54, 1.807) is 0 Å². The molecule has 63 heavy (non-hydrogen) atoms. The average Bonchev–Trinajstić information content (AvgIpc) is 3.70. The molecule has 0 radical (unpaired) electrons. The zero-order chi connectivity index (χ0) is 42.3. The second-order valence-electron chi connectivity index (χ2n) is 15.7. The first-order valence-electron chi connectivity index (χ1n) is 21.9. The first-order valence-corrected chi connectivity index (χ1v) is 21.9. The van der Waals surface area contributed by atoms with E-state index in [-0.39, 0.29) is 0 Å². The molecule has 0 fully saturated rings. The van der Waals surface area contributed by atoms with E-state index in [1.807, 2.05) is 13.8 Å². The third kappa shape index (κ3) is 6.45. The van der Waals surface area contributed by atoms with Crippen LogP contribution in [0.3, 0.4) is 0 Å². The zero-order valence-corrected chi connectivity index (χ0v) is 35.4. The summed E-state index contributed by atoms with van der Waals surface area (Å²) in [6.45, 7) is 4.00. The van der Waals surface area contributed by atoms with Crippen LogP contribution in [0.25, 0.3) is 70.9 Å². The number of nitrogens with zero attached hydrogens (tertiary/aromatic N) is 3. The van der Waals surface area contributed by atoms with Gasteiger partial charge in [-0.15, -0.1) is 0 Å². The van der Waals surface area contributed by atoms with Crippen molar-refractivity contribution in [3.05, 3.63) is 237 Å². The minimum Gasteiger partial charge on any atom is -0.310 e. The number of rotatable bonds is 8. The van der Waals surface area contributed by atoms with Crippen molar-refractivity contribution in [1.82, 2.24) is 4.57 Å². The SMILES string of the molecule is CC.c1ccc(N(c2ccccc2)c2cc(N(c3ccccc3)c3ccccc3)c3ccc4cc(-c5ccc6c(c5)c5ccccc5n6-c5ccccc5)cc5ccc2c3c54)cc1. The number of aromatic nitrogens is 1. The van der Waals surface area contributed by atoms with E-state index in [4.69, 9.17) is 0 Å². The number of fused-ring (bicyclic) bond motifs is 3. The molecule has 0 aliphatic heterocycles. The molecule has 0 saturated carbocycles. The van der Waals surface area contributed by atoms with Crippen LogP contribution in [0.1, 0.15) is 13.8 Å². The van der Waals surface area contributed by atoms with Gasteiger partial charge in [-0.2, -0.15) is 0 Å². The Labute approximate surface area is 368 Å². The fourth-order valence-corrected chi connectivity index (χ4v) is 9.59. The van der Waals surface area contributed by atoms with E-state index in [9.17, 15) is 0 Å². The van der Waals surface area contributed by atoms with E-state index in [0.29, 0.717) is 0 Å². The largest absolute Gasteiger partial charge is 0.310 e. The van der Waals surface area contributed by atoms with Crippen LogP contribution in [0.5, 0.6) is 0 Å². The molecule has 0 spiro atoms. The van der Waals surface area contributed by atoms with Gasteiger partial charge in [-0.1, -0.05) is 153 Å². The molecule has 0 amide bonds. The van der Waals surface area contributed by atoms with Gasteiger partial charge in [-0.3, -0.25) is 0 Å². The van der Waals surface area contributed by atoms with Crippen molar-refractivity contribution in [3.63, 3.8) is 0 Å². The highest BCUT2D eigenvalue weighted by atomic mass is 15.2. The van der Waals surface area contributed by atoms with Gasteiger partial charge in [0, 0.05) is 55.4 Å². The van der Waals surface area contributed by atoms with E-state index >= 15 is 0 Å². The second-order valence-corrected chi connectivity index (χ2v) is 15.7. The van der Waals surface area contributed by atoms with Crippen LogP contribution in [-0.4, -0.2) is 4.57 Å². The summed E-state index contributed by atoms with van der Waals surface area (Å²) in [4.78, 5) is 4.83. The van der Waals surface area contributed by atoms with Gasteiger partial charge in [0.05, 0.1) is 22.4 Å². The molecule has 12 rings (SSSR count). The average molecular weight is 808 g/mol. The fraction of sp³-hybridized carbons (Fsp3) is 0.0333. The van der Waals surface area contributed by atoms with Gasteiger partial charge in [0.25, 0.3) is 0 Å². The molecule has 300 valence electrons. The molecule has 3 nitrogen and oxygen atoms in total. The van der Waals surface area contributed by atoms with Gasteiger partial charge in [-0.25, -0.2) is 0 Å². The highest BCUT2D eigenvalue weighted by Gasteiger charge is 2.25. The van der Waals surface area contributed by atoms with E-state index in [1.165, 1.54) is 70.9 Å². The normalized spacial score (nSPS) is 11.3. The summed E-state index contributed by atoms with van der Waals surface area (Å²) in [5.41, 5.74) is 12.6. The summed E-state index contributed by atoms with van der Waals surface area (Å²) >= 11 is 0. The van der Waals surface area contributed by atoms with Gasteiger partial charge < -0.3 is 14.4 Å². The number of anilines is 6. The number of para-hydroxylation sites is 6. The lowest BCUT2D eigenvalue weighted by Crippen LogP contribution is -2.14. The lowest BCUT2D eigenvalue weighted by atomic mass is 9.89. The van der Waals surface area contributed by atoms with Crippen molar-refractivity contribution in [2.45, 2.75) is 13.8 Å². The van der Waals surface area contributed by atoms with Crippen LogP contribution in [0, 0.1) is 0 Å². The lowest BCUT2D eigenvalue weighted by Gasteiger charge is -2.32. The summed E-state index contributed by atoms with van der Waals surface area (Å²) in [6.07, 6.45) is 0. The van der Waals surface area contributed by atoms with E-state index < -0.39 is 0 Å². The molecule has 11 aromatic carbocycles. The minimum absolute atomic E-state index is 1.10. The Morgan fingerprint density at radius 3 is 1.22 bits per heavy atom. The Bertz CT molecular complexity index is 3280. The van der Waals surface area contributed by atoms with Crippen molar-refractivity contribution in [2.75, 3.05) is 9.80 Å². The Morgan fingerprint density at radius 2 is 0.730 bits per heavy atom. The summed E-state index contributed by atoms with van der Waals surface area (Å²) in [7, 11) is 0.